The normalized spacial score (nSPS) is 20.4. The summed E-state index contributed by atoms with van der Waals surface area (Å²) in [6, 6.07) is 31.9. The molecule has 6 heteroatoms. The van der Waals surface area contributed by atoms with Crippen molar-refractivity contribution in [2.75, 3.05) is 19.6 Å². The number of benzene rings is 3. The predicted molar refractivity (Wildman–Crippen MR) is 151 cm³/mol. The molecule has 0 N–H and O–H groups in total. The molecule has 0 radical (unpaired) electrons. The van der Waals surface area contributed by atoms with Crippen LogP contribution in [-0.2, 0) is 9.53 Å². The maximum atomic E-state index is 14.4. The third-order valence-electron chi connectivity index (χ3n) is 7.43. The number of carbonyl (C=O) groups excluding carboxylic acids is 2. The summed E-state index contributed by atoms with van der Waals surface area (Å²) in [4.78, 5) is 30.9. The van der Waals surface area contributed by atoms with Crippen molar-refractivity contribution in [3.8, 4) is 0 Å². The van der Waals surface area contributed by atoms with E-state index in [1.54, 1.807) is 4.90 Å². The van der Waals surface area contributed by atoms with Crippen molar-refractivity contribution in [2.24, 2.45) is 0 Å². The van der Waals surface area contributed by atoms with Gasteiger partial charge in [-0.3, -0.25) is 4.79 Å². The maximum Gasteiger partial charge on any atom is 0.410 e. The Kier molecular flexibility index (Phi) is 7.09. The average Bonchev–Trinajstić information content (AvgIpc) is 3.53. The first-order valence-corrected chi connectivity index (χ1v) is 15.0. The van der Waals surface area contributed by atoms with Crippen LogP contribution in [0.2, 0.25) is 0 Å². The highest BCUT2D eigenvalue weighted by atomic mass is 31.2. The molecule has 0 saturated carbocycles. The van der Waals surface area contributed by atoms with Crippen LogP contribution in [0.3, 0.4) is 0 Å². The van der Waals surface area contributed by atoms with Crippen molar-refractivity contribution in [2.45, 2.75) is 50.9 Å². The number of nitrogens with zero attached hydrogens (tertiary/aromatic N) is 2. The fraction of sp³-hybridized carbons (Fsp3) is 0.355. The Hall–Kier alpha value is -3.17. The summed E-state index contributed by atoms with van der Waals surface area (Å²) >= 11 is 0. The van der Waals surface area contributed by atoms with Gasteiger partial charge in [0, 0.05) is 26.1 Å². The number of carbonyl (C=O) groups is 2. The number of likely N-dealkylation sites (tertiary alicyclic amines) is 2. The van der Waals surface area contributed by atoms with Crippen molar-refractivity contribution in [1.29, 1.82) is 0 Å². The zero-order chi connectivity index (χ0) is 26.0. The fourth-order valence-corrected chi connectivity index (χ4v) is 10.8. The van der Waals surface area contributed by atoms with Crippen molar-refractivity contribution in [1.82, 2.24) is 9.80 Å². The van der Waals surface area contributed by atoms with Crippen LogP contribution >= 0.6 is 7.26 Å². The van der Waals surface area contributed by atoms with Gasteiger partial charge in [0.2, 0.25) is 0 Å². The highest BCUT2D eigenvalue weighted by Gasteiger charge is 2.59. The molecule has 2 aliphatic rings. The molecular formula is C31H36N2O3P+. The Morgan fingerprint density at radius 2 is 1.27 bits per heavy atom. The second-order valence-electron chi connectivity index (χ2n) is 10.9. The van der Waals surface area contributed by atoms with Gasteiger partial charge in [-0.1, -0.05) is 54.6 Å². The molecule has 2 saturated heterocycles. The Bertz CT molecular complexity index is 1130. The molecule has 0 unspecified atom stereocenters. The van der Waals surface area contributed by atoms with E-state index in [1.165, 1.54) is 15.9 Å². The minimum absolute atomic E-state index is 0.0224. The van der Waals surface area contributed by atoms with Crippen LogP contribution in [0.4, 0.5) is 4.79 Å². The Morgan fingerprint density at radius 1 is 0.784 bits per heavy atom. The molecule has 0 aromatic heterocycles. The van der Waals surface area contributed by atoms with Crippen molar-refractivity contribution in [3.05, 3.63) is 91.0 Å². The van der Waals surface area contributed by atoms with Crippen LogP contribution in [0.15, 0.2) is 91.0 Å². The third-order valence-corrected chi connectivity index (χ3v) is 12.2. The zero-order valence-corrected chi connectivity index (χ0v) is 22.8. The smallest absolute Gasteiger partial charge is 0.410 e. The molecule has 3 aromatic rings. The second-order valence-corrected chi connectivity index (χ2v) is 14.6. The highest BCUT2D eigenvalue weighted by Crippen LogP contribution is 2.62. The minimum atomic E-state index is -2.29. The first kappa shape index (κ1) is 25.5. The van der Waals surface area contributed by atoms with Gasteiger partial charge in [-0.25, -0.2) is 4.79 Å². The molecule has 2 heterocycles. The molecule has 192 valence electrons. The van der Waals surface area contributed by atoms with Crippen molar-refractivity contribution < 1.29 is 14.3 Å². The van der Waals surface area contributed by atoms with Gasteiger partial charge in [0.1, 0.15) is 28.8 Å². The topological polar surface area (TPSA) is 49.9 Å². The molecular weight excluding hydrogens is 479 g/mol. The number of ether oxygens (including phenoxy) is 1. The van der Waals surface area contributed by atoms with Gasteiger partial charge in [0.15, 0.2) is 5.66 Å². The van der Waals surface area contributed by atoms with E-state index < -0.39 is 12.9 Å². The van der Waals surface area contributed by atoms with Crippen molar-refractivity contribution in [3.63, 3.8) is 0 Å². The van der Waals surface area contributed by atoms with E-state index in [4.69, 9.17) is 4.74 Å². The number of rotatable bonds is 5. The summed E-state index contributed by atoms with van der Waals surface area (Å²) in [7, 11) is -2.29. The zero-order valence-electron chi connectivity index (χ0n) is 21.9. The van der Waals surface area contributed by atoms with Crippen LogP contribution in [0.25, 0.3) is 0 Å². The Labute approximate surface area is 220 Å². The van der Waals surface area contributed by atoms with Crippen LogP contribution in [0.5, 0.6) is 0 Å². The van der Waals surface area contributed by atoms with E-state index in [2.05, 4.69) is 77.7 Å². The predicted octanol–water partition coefficient (Wildman–Crippen LogP) is 4.59. The van der Waals surface area contributed by atoms with Gasteiger partial charge in [-0.05, 0) is 63.6 Å². The molecule has 2 fully saturated rings. The largest absolute Gasteiger partial charge is 0.444 e. The van der Waals surface area contributed by atoms with Gasteiger partial charge >= 0.3 is 6.09 Å². The average molecular weight is 516 g/mol. The van der Waals surface area contributed by atoms with Crippen molar-refractivity contribution >= 4 is 35.2 Å². The molecule has 5 nitrogen and oxygen atoms in total. The highest BCUT2D eigenvalue weighted by molar-refractivity contribution is 7.96. The van der Waals surface area contributed by atoms with Gasteiger partial charge in [-0.2, -0.15) is 0 Å². The standard InChI is InChI=1S/C31H36N2O3P/c1-31(2,3)36-30(35)32-21-19-24(23-32)33-22-20-28(29(33)34)37(25-13-7-4-8-14-25,26-15-9-5-10-16-26)27-17-11-6-12-18-27/h4-18,24,28H,19-23H2,1-3H3/q+1/t24-,28-/m1/s1. The SMILES string of the molecule is CC(C)(C)OC(=O)N1CC[C@@H](N2CC[C@@H]([P+](c3ccccc3)(c3ccccc3)c3ccccc3)C2=O)C1. The fourth-order valence-electron chi connectivity index (χ4n) is 5.87. The first-order chi connectivity index (χ1) is 17.8. The van der Waals surface area contributed by atoms with E-state index in [9.17, 15) is 9.59 Å². The summed E-state index contributed by atoms with van der Waals surface area (Å²) in [6.07, 6.45) is 1.29. The van der Waals surface area contributed by atoms with Crippen LogP contribution in [0.1, 0.15) is 33.6 Å². The molecule has 2 aliphatic heterocycles. The summed E-state index contributed by atoms with van der Waals surface area (Å²) in [5.41, 5.74) is -0.676. The lowest BCUT2D eigenvalue weighted by atomic mass is 10.2. The van der Waals surface area contributed by atoms with Crippen LogP contribution < -0.4 is 15.9 Å². The van der Waals surface area contributed by atoms with E-state index >= 15 is 0 Å². The minimum Gasteiger partial charge on any atom is -0.444 e. The summed E-state index contributed by atoms with van der Waals surface area (Å²) in [6.45, 7) is 7.50. The summed E-state index contributed by atoms with van der Waals surface area (Å²) in [5.74, 6) is 0.209. The lowest BCUT2D eigenvalue weighted by molar-refractivity contribution is -0.129. The Morgan fingerprint density at radius 3 is 1.73 bits per heavy atom. The Balaban J connectivity index is 1.51. The summed E-state index contributed by atoms with van der Waals surface area (Å²) < 4.78 is 5.60. The lowest BCUT2D eigenvalue weighted by Gasteiger charge is -2.32. The number of hydrogen-bond acceptors (Lipinski definition) is 3. The van der Waals surface area contributed by atoms with E-state index in [0.29, 0.717) is 19.6 Å². The molecule has 2 atom stereocenters. The molecule has 0 aliphatic carbocycles. The first-order valence-electron chi connectivity index (χ1n) is 13.1. The molecule has 5 rings (SSSR count). The summed E-state index contributed by atoms with van der Waals surface area (Å²) in [5, 5.41) is 3.69. The molecule has 37 heavy (non-hydrogen) atoms. The number of hydrogen-bond donors (Lipinski definition) is 0. The van der Waals surface area contributed by atoms with E-state index in [-0.39, 0.29) is 23.7 Å². The molecule has 3 aromatic carbocycles. The van der Waals surface area contributed by atoms with Gasteiger partial charge in [0.05, 0.1) is 6.04 Å². The van der Waals surface area contributed by atoms with E-state index in [0.717, 1.165) is 12.8 Å². The molecule has 0 bridgehead atoms. The van der Waals surface area contributed by atoms with Crippen LogP contribution in [0, 0.1) is 0 Å². The third kappa shape index (κ3) is 4.90. The maximum absolute atomic E-state index is 14.4. The molecule has 2 amide bonds. The quantitative estimate of drug-likeness (QED) is 0.467. The molecule has 0 spiro atoms. The van der Waals surface area contributed by atoms with E-state index in [1.807, 2.05) is 39.0 Å². The van der Waals surface area contributed by atoms with Gasteiger partial charge < -0.3 is 14.5 Å². The van der Waals surface area contributed by atoms with Gasteiger partial charge in [0.25, 0.3) is 5.91 Å². The number of amides is 2. The lowest BCUT2D eigenvalue weighted by Crippen LogP contribution is -2.46. The van der Waals surface area contributed by atoms with Gasteiger partial charge in [-0.15, -0.1) is 0 Å². The monoisotopic (exact) mass is 515 g/mol. The second kappa shape index (κ2) is 10.3. The van der Waals surface area contributed by atoms with Crippen LogP contribution in [-0.4, -0.2) is 58.7 Å².